The van der Waals surface area contributed by atoms with Gasteiger partial charge in [0, 0.05) is 24.3 Å². The Bertz CT molecular complexity index is 878. The van der Waals surface area contributed by atoms with E-state index in [9.17, 15) is 0 Å². The van der Waals surface area contributed by atoms with Crippen LogP contribution >= 0.6 is 39.9 Å². The largest absolute Gasteiger partial charge is 0.493 e. The second-order valence-corrected chi connectivity index (χ2v) is 7.24. The Labute approximate surface area is 184 Å². The molecule has 0 fully saturated rings. The molecule has 28 heavy (non-hydrogen) atoms. The first-order valence-electron chi connectivity index (χ1n) is 8.50. The number of benzene rings is 2. The highest BCUT2D eigenvalue weighted by Gasteiger charge is 2.12. The molecule has 0 aliphatic heterocycles. The van der Waals surface area contributed by atoms with Crippen molar-refractivity contribution in [2.75, 3.05) is 7.11 Å². The van der Waals surface area contributed by atoms with E-state index in [1.165, 1.54) is 0 Å². The van der Waals surface area contributed by atoms with E-state index in [0.29, 0.717) is 36.2 Å². The average Bonchev–Trinajstić information content (AvgIpc) is 2.69. The van der Waals surface area contributed by atoms with Gasteiger partial charge in [-0.25, -0.2) is 0 Å². The fourth-order valence-electron chi connectivity index (χ4n) is 2.59. The van der Waals surface area contributed by atoms with Gasteiger partial charge >= 0.3 is 0 Å². The Morgan fingerprint density at radius 3 is 2.50 bits per heavy atom. The predicted octanol–water partition coefficient (Wildman–Crippen LogP) is 5.80. The molecule has 7 heteroatoms. The minimum absolute atomic E-state index is 0. The van der Waals surface area contributed by atoms with Crippen LogP contribution < -0.4 is 14.8 Å². The normalized spacial score (nSPS) is 10.2. The molecule has 3 rings (SSSR count). The standard InChI is InChI=1S/C21H20BrClN2O2.ClH/c1-26-20-11-16(12-24-13-18-4-2-3-9-25-18)10-19(22)21(20)27-14-15-5-7-17(23)8-6-15;/h2-11,24H,12-14H2,1H3;1H. The van der Waals surface area contributed by atoms with Crippen LogP contribution in [0.25, 0.3) is 0 Å². The summed E-state index contributed by atoms with van der Waals surface area (Å²) < 4.78 is 12.3. The molecule has 0 aliphatic carbocycles. The molecule has 1 N–H and O–H groups in total. The lowest BCUT2D eigenvalue weighted by Crippen LogP contribution is -2.13. The minimum Gasteiger partial charge on any atom is -0.493 e. The van der Waals surface area contributed by atoms with Gasteiger partial charge in [-0.2, -0.15) is 0 Å². The van der Waals surface area contributed by atoms with Crippen LogP contribution in [0.3, 0.4) is 0 Å². The zero-order valence-corrected chi connectivity index (χ0v) is 18.5. The molecular formula is C21H21BrCl2N2O2. The van der Waals surface area contributed by atoms with Crippen LogP contribution in [-0.2, 0) is 19.7 Å². The molecule has 0 amide bonds. The van der Waals surface area contributed by atoms with Crippen molar-refractivity contribution in [3.8, 4) is 11.5 Å². The molecule has 1 aromatic heterocycles. The number of pyridine rings is 1. The van der Waals surface area contributed by atoms with Crippen molar-refractivity contribution in [2.45, 2.75) is 19.7 Å². The van der Waals surface area contributed by atoms with Gasteiger partial charge in [-0.15, -0.1) is 12.4 Å². The molecule has 0 atom stereocenters. The number of nitrogens with zero attached hydrogens (tertiary/aromatic N) is 1. The smallest absolute Gasteiger partial charge is 0.175 e. The molecular weight excluding hydrogens is 463 g/mol. The van der Waals surface area contributed by atoms with Gasteiger partial charge in [-0.05, 0) is 63.5 Å². The van der Waals surface area contributed by atoms with Crippen LogP contribution in [0.15, 0.2) is 65.3 Å². The first-order valence-corrected chi connectivity index (χ1v) is 9.67. The van der Waals surface area contributed by atoms with E-state index in [4.69, 9.17) is 21.1 Å². The van der Waals surface area contributed by atoms with Gasteiger partial charge in [0.1, 0.15) is 6.61 Å². The van der Waals surface area contributed by atoms with E-state index >= 15 is 0 Å². The summed E-state index contributed by atoms with van der Waals surface area (Å²) in [5, 5.41) is 4.10. The summed E-state index contributed by atoms with van der Waals surface area (Å²) in [6, 6.07) is 17.5. The Balaban J connectivity index is 0.00000280. The van der Waals surface area contributed by atoms with E-state index in [2.05, 4.69) is 26.2 Å². The molecule has 0 aliphatic rings. The highest BCUT2D eigenvalue weighted by atomic mass is 79.9. The van der Waals surface area contributed by atoms with Gasteiger partial charge in [0.15, 0.2) is 11.5 Å². The van der Waals surface area contributed by atoms with Gasteiger partial charge in [-0.1, -0.05) is 29.8 Å². The fraction of sp³-hybridized carbons (Fsp3) is 0.190. The van der Waals surface area contributed by atoms with Crippen LogP contribution in [-0.4, -0.2) is 12.1 Å². The predicted molar refractivity (Wildman–Crippen MR) is 119 cm³/mol. The molecule has 0 saturated carbocycles. The summed E-state index contributed by atoms with van der Waals surface area (Å²) in [5.74, 6) is 1.37. The lowest BCUT2D eigenvalue weighted by Gasteiger charge is -2.15. The molecule has 0 saturated heterocycles. The van der Waals surface area contributed by atoms with Gasteiger partial charge in [0.2, 0.25) is 0 Å². The molecule has 2 aromatic carbocycles. The Kier molecular flexibility index (Phi) is 9.06. The Hall–Kier alpha value is -1.79. The van der Waals surface area contributed by atoms with Crippen LogP contribution in [0, 0.1) is 0 Å². The Morgan fingerprint density at radius 1 is 1.04 bits per heavy atom. The second kappa shape index (κ2) is 11.3. The van der Waals surface area contributed by atoms with E-state index in [-0.39, 0.29) is 12.4 Å². The van der Waals surface area contributed by atoms with Crippen molar-refractivity contribution in [1.82, 2.24) is 10.3 Å². The maximum absolute atomic E-state index is 5.97. The highest BCUT2D eigenvalue weighted by molar-refractivity contribution is 9.10. The first-order chi connectivity index (χ1) is 13.2. The van der Waals surface area contributed by atoms with Gasteiger partial charge in [-0.3, -0.25) is 4.98 Å². The highest BCUT2D eigenvalue weighted by Crippen LogP contribution is 2.37. The van der Waals surface area contributed by atoms with E-state index < -0.39 is 0 Å². The summed E-state index contributed by atoms with van der Waals surface area (Å²) in [5.41, 5.74) is 3.13. The number of hydrogen-bond acceptors (Lipinski definition) is 4. The Morgan fingerprint density at radius 2 is 1.82 bits per heavy atom. The number of nitrogens with one attached hydrogen (secondary N) is 1. The van der Waals surface area contributed by atoms with Crippen molar-refractivity contribution in [1.29, 1.82) is 0 Å². The number of halogens is 3. The van der Waals surface area contributed by atoms with Gasteiger partial charge in [0.05, 0.1) is 17.3 Å². The fourth-order valence-corrected chi connectivity index (χ4v) is 3.32. The number of rotatable bonds is 8. The first kappa shape index (κ1) is 22.5. The van der Waals surface area contributed by atoms with Crippen molar-refractivity contribution in [2.24, 2.45) is 0 Å². The summed E-state index contributed by atoms with van der Waals surface area (Å²) in [4.78, 5) is 4.31. The maximum atomic E-state index is 5.97. The topological polar surface area (TPSA) is 43.4 Å². The minimum atomic E-state index is 0. The maximum Gasteiger partial charge on any atom is 0.175 e. The molecule has 0 bridgehead atoms. The van der Waals surface area contributed by atoms with Gasteiger partial charge < -0.3 is 14.8 Å². The summed E-state index contributed by atoms with van der Waals surface area (Å²) >= 11 is 9.52. The second-order valence-electron chi connectivity index (χ2n) is 5.95. The van der Waals surface area contributed by atoms with Gasteiger partial charge in [0.25, 0.3) is 0 Å². The van der Waals surface area contributed by atoms with Crippen LogP contribution in [0.4, 0.5) is 0 Å². The number of aromatic nitrogens is 1. The summed E-state index contributed by atoms with van der Waals surface area (Å²) in [6.45, 7) is 1.84. The quantitative estimate of drug-likeness (QED) is 0.439. The molecule has 1 heterocycles. The van der Waals surface area contributed by atoms with E-state index in [1.54, 1.807) is 13.3 Å². The zero-order chi connectivity index (χ0) is 19.1. The van der Waals surface area contributed by atoms with Crippen molar-refractivity contribution in [3.05, 3.63) is 87.1 Å². The monoisotopic (exact) mass is 482 g/mol. The van der Waals surface area contributed by atoms with Crippen LogP contribution in [0.5, 0.6) is 11.5 Å². The molecule has 0 unspecified atom stereocenters. The van der Waals surface area contributed by atoms with E-state index in [0.717, 1.165) is 21.3 Å². The number of ether oxygens (including phenoxy) is 2. The van der Waals surface area contributed by atoms with Crippen molar-refractivity contribution < 1.29 is 9.47 Å². The molecule has 4 nitrogen and oxygen atoms in total. The third-order valence-corrected chi connectivity index (χ3v) is 4.79. The van der Waals surface area contributed by atoms with Crippen molar-refractivity contribution in [3.63, 3.8) is 0 Å². The van der Waals surface area contributed by atoms with E-state index in [1.807, 2.05) is 54.6 Å². The average molecular weight is 484 g/mol. The third-order valence-electron chi connectivity index (χ3n) is 3.95. The molecule has 148 valence electrons. The number of methoxy groups -OCH3 is 1. The lowest BCUT2D eigenvalue weighted by molar-refractivity contribution is 0.282. The lowest BCUT2D eigenvalue weighted by atomic mass is 10.2. The summed E-state index contributed by atoms with van der Waals surface area (Å²) in [6.07, 6.45) is 1.80. The molecule has 0 radical (unpaired) electrons. The van der Waals surface area contributed by atoms with Crippen LogP contribution in [0.2, 0.25) is 5.02 Å². The molecule has 3 aromatic rings. The van der Waals surface area contributed by atoms with Crippen LogP contribution in [0.1, 0.15) is 16.8 Å². The SMILES string of the molecule is COc1cc(CNCc2ccccn2)cc(Br)c1OCc1ccc(Cl)cc1.Cl. The number of hydrogen-bond donors (Lipinski definition) is 1. The summed E-state index contributed by atoms with van der Waals surface area (Å²) in [7, 11) is 1.64. The molecule has 0 spiro atoms. The third kappa shape index (κ3) is 6.38. The zero-order valence-electron chi connectivity index (χ0n) is 15.3. The van der Waals surface area contributed by atoms with Crippen molar-refractivity contribution >= 4 is 39.9 Å².